The monoisotopic (exact) mass is 364 g/mol. The average Bonchev–Trinajstić information content (AvgIpc) is 2.68. The van der Waals surface area contributed by atoms with Crippen LogP contribution in [-0.4, -0.2) is 38.4 Å². The molecule has 0 aromatic heterocycles. The molecule has 112 valence electrons. The molecule has 4 N–H and O–H groups in total. The van der Waals surface area contributed by atoms with Gasteiger partial charge in [-0.15, -0.1) is 0 Å². The van der Waals surface area contributed by atoms with Crippen molar-refractivity contribution in [2.45, 2.75) is 29.9 Å². The number of aliphatic hydroxyl groups is 1. The van der Waals surface area contributed by atoms with Crippen molar-refractivity contribution < 1.29 is 18.3 Å². The first-order chi connectivity index (χ1) is 9.24. The lowest BCUT2D eigenvalue weighted by atomic mass is 9.97. The molecule has 0 radical (unpaired) electrons. The third-order valence-electron chi connectivity index (χ3n) is 3.47. The van der Waals surface area contributed by atoms with Gasteiger partial charge in [-0.1, -0.05) is 0 Å². The third-order valence-corrected chi connectivity index (χ3v) is 5.85. The minimum absolute atomic E-state index is 0.0851. The molecule has 1 aliphatic heterocycles. The van der Waals surface area contributed by atoms with E-state index in [0.717, 1.165) is 0 Å². The summed E-state index contributed by atoms with van der Waals surface area (Å²) in [6.07, 6.45) is -0.000348. The molecule has 1 saturated heterocycles. The van der Waals surface area contributed by atoms with Crippen LogP contribution in [0.5, 0.6) is 0 Å². The van der Waals surface area contributed by atoms with E-state index in [1.165, 1.54) is 18.2 Å². The van der Waals surface area contributed by atoms with Crippen molar-refractivity contribution in [3.05, 3.63) is 22.7 Å². The topological polar surface area (TPSA) is 102 Å². The molecule has 1 aromatic rings. The van der Waals surface area contributed by atoms with Gasteiger partial charge in [-0.3, -0.25) is 0 Å². The van der Waals surface area contributed by atoms with Crippen molar-refractivity contribution in [1.29, 1.82) is 0 Å². The van der Waals surface area contributed by atoms with Gasteiger partial charge in [0.1, 0.15) is 5.60 Å². The summed E-state index contributed by atoms with van der Waals surface area (Å²) in [5.74, 6) is 0. The third kappa shape index (κ3) is 3.15. The lowest BCUT2D eigenvalue weighted by Crippen LogP contribution is -2.47. The van der Waals surface area contributed by atoms with Crippen LogP contribution in [0, 0.1) is 0 Å². The van der Waals surface area contributed by atoms with Crippen molar-refractivity contribution in [2.75, 3.05) is 18.9 Å². The summed E-state index contributed by atoms with van der Waals surface area (Å²) in [5.41, 5.74) is 4.87. The van der Waals surface area contributed by atoms with Crippen LogP contribution in [0.1, 0.15) is 13.3 Å². The van der Waals surface area contributed by atoms with E-state index in [1.807, 2.05) is 0 Å². The molecule has 2 atom stereocenters. The number of sulfonamides is 1. The van der Waals surface area contributed by atoms with E-state index >= 15 is 0 Å². The molecule has 0 aliphatic carbocycles. The van der Waals surface area contributed by atoms with Crippen molar-refractivity contribution in [2.24, 2.45) is 0 Å². The number of anilines is 1. The quantitative estimate of drug-likeness (QED) is 0.687. The first kappa shape index (κ1) is 15.7. The van der Waals surface area contributed by atoms with E-state index in [0.29, 0.717) is 23.2 Å². The van der Waals surface area contributed by atoms with Gasteiger partial charge < -0.3 is 15.6 Å². The van der Waals surface area contributed by atoms with Crippen LogP contribution < -0.4 is 10.5 Å². The molecule has 2 rings (SSSR count). The van der Waals surface area contributed by atoms with Crippen molar-refractivity contribution in [1.82, 2.24) is 4.72 Å². The SMILES string of the molecule is CC1OCCC1(O)CNS(=O)(=O)c1ccc(N)cc1Br. The Labute approximate surface area is 126 Å². The number of rotatable bonds is 4. The van der Waals surface area contributed by atoms with Gasteiger partial charge in [0.2, 0.25) is 10.0 Å². The highest BCUT2D eigenvalue weighted by Gasteiger charge is 2.40. The zero-order valence-corrected chi connectivity index (χ0v) is 13.4. The predicted octanol–water partition coefficient (Wildman–Crippen LogP) is 0.849. The minimum Gasteiger partial charge on any atom is -0.399 e. The molecule has 0 amide bonds. The van der Waals surface area contributed by atoms with Crippen molar-refractivity contribution >= 4 is 31.6 Å². The molecule has 20 heavy (non-hydrogen) atoms. The van der Waals surface area contributed by atoms with E-state index in [-0.39, 0.29) is 11.4 Å². The van der Waals surface area contributed by atoms with Gasteiger partial charge >= 0.3 is 0 Å². The summed E-state index contributed by atoms with van der Waals surface area (Å²) >= 11 is 3.18. The number of nitrogens with one attached hydrogen (secondary N) is 1. The Bertz CT molecular complexity index is 607. The number of nitrogens with two attached hydrogens (primary N) is 1. The Morgan fingerprint density at radius 2 is 2.30 bits per heavy atom. The summed E-state index contributed by atoms with van der Waals surface area (Å²) < 4.78 is 32.5. The Hall–Kier alpha value is -0.670. The summed E-state index contributed by atoms with van der Waals surface area (Å²) in [5, 5.41) is 10.3. The average molecular weight is 365 g/mol. The number of ether oxygens (including phenoxy) is 1. The maximum absolute atomic E-state index is 12.2. The van der Waals surface area contributed by atoms with Gasteiger partial charge in [-0.05, 0) is 41.1 Å². The molecule has 0 spiro atoms. The predicted molar refractivity (Wildman–Crippen MR) is 78.7 cm³/mol. The largest absolute Gasteiger partial charge is 0.399 e. The van der Waals surface area contributed by atoms with Gasteiger partial charge in [0.25, 0.3) is 0 Å². The van der Waals surface area contributed by atoms with Crippen LogP contribution >= 0.6 is 15.9 Å². The van der Waals surface area contributed by atoms with Gasteiger partial charge in [-0.25, -0.2) is 13.1 Å². The standard InChI is InChI=1S/C12H17BrN2O4S/c1-8-12(16,4-5-19-8)7-15-20(17,18)11-3-2-9(14)6-10(11)13/h2-3,6,8,15-16H,4-5,7,14H2,1H3. The highest BCUT2D eigenvalue weighted by molar-refractivity contribution is 9.10. The number of hydrogen-bond donors (Lipinski definition) is 3. The van der Waals surface area contributed by atoms with E-state index < -0.39 is 21.7 Å². The van der Waals surface area contributed by atoms with Crippen molar-refractivity contribution in [3.8, 4) is 0 Å². The molecule has 6 nitrogen and oxygen atoms in total. The maximum atomic E-state index is 12.2. The van der Waals surface area contributed by atoms with Crippen LogP contribution in [0.2, 0.25) is 0 Å². The highest BCUT2D eigenvalue weighted by Crippen LogP contribution is 2.27. The van der Waals surface area contributed by atoms with Gasteiger partial charge in [0, 0.05) is 29.7 Å². The Kier molecular flexibility index (Phi) is 4.41. The second-order valence-corrected chi connectivity index (χ2v) is 7.47. The van der Waals surface area contributed by atoms with E-state index in [2.05, 4.69) is 20.7 Å². The first-order valence-corrected chi connectivity index (χ1v) is 8.41. The molecule has 1 fully saturated rings. The molecule has 0 saturated carbocycles. The summed E-state index contributed by atoms with van der Waals surface area (Å²) in [4.78, 5) is 0.0851. The van der Waals surface area contributed by atoms with Crippen LogP contribution in [0.3, 0.4) is 0 Å². The number of benzene rings is 1. The van der Waals surface area contributed by atoms with Crippen molar-refractivity contribution in [3.63, 3.8) is 0 Å². The highest BCUT2D eigenvalue weighted by atomic mass is 79.9. The zero-order valence-electron chi connectivity index (χ0n) is 11.0. The normalized spacial score (nSPS) is 26.9. The lowest BCUT2D eigenvalue weighted by Gasteiger charge is -2.26. The van der Waals surface area contributed by atoms with Crippen LogP contribution in [0.4, 0.5) is 5.69 Å². The molecular formula is C12H17BrN2O4S. The second-order valence-electron chi connectivity index (χ2n) is 4.88. The molecule has 0 bridgehead atoms. The molecule has 8 heteroatoms. The first-order valence-electron chi connectivity index (χ1n) is 6.13. The second kappa shape index (κ2) is 5.61. The Balaban J connectivity index is 2.15. The summed E-state index contributed by atoms with van der Waals surface area (Å²) in [7, 11) is -3.72. The molecular weight excluding hydrogens is 348 g/mol. The van der Waals surface area contributed by atoms with Crippen LogP contribution in [0.15, 0.2) is 27.6 Å². The minimum atomic E-state index is -3.72. The fourth-order valence-electron chi connectivity index (χ4n) is 2.04. The molecule has 1 aliphatic rings. The lowest BCUT2D eigenvalue weighted by molar-refractivity contribution is -0.0228. The Morgan fingerprint density at radius 1 is 1.60 bits per heavy atom. The Morgan fingerprint density at radius 3 is 2.85 bits per heavy atom. The summed E-state index contributed by atoms with van der Waals surface area (Å²) in [6.45, 7) is 2.05. The number of hydrogen-bond acceptors (Lipinski definition) is 5. The van der Waals surface area contributed by atoms with Gasteiger partial charge in [0.05, 0.1) is 11.0 Å². The fourth-order valence-corrected chi connectivity index (χ4v) is 4.23. The van der Waals surface area contributed by atoms with E-state index in [4.69, 9.17) is 10.5 Å². The van der Waals surface area contributed by atoms with E-state index in [9.17, 15) is 13.5 Å². The summed E-state index contributed by atoms with van der Waals surface area (Å²) in [6, 6.07) is 4.44. The van der Waals surface area contributed by atoms with E-state index in [1.54, 1.807) is 6.92 Å². The number of nitrogen functional groups attached to an aromatic ring is 1. The molecule has 2 unspecified atom stereocenters. The fraction of sp³-hybridized carbons (Fsp3) is 0.500. The van der Waals surface area contributed by atoms with Gasteiger partial charge in [0.15, 0.2) is 0 Å². The molecule has 1 heterocycles. The van der Waals surface area contributed by atoms with Gasteiger partial charge in [-0.2, -0.15) is 0 Å². The molecule has 1 aromatic carbocycles. The number of halogens is 1. The smallest absolute Gasteiger partial charge is 0.241 e. The zero-order chi connectivity index (χ0) is 15.0. The maximum Gasteiger partial charge on any atom is 0.241 e. The van der Waals surface area contributed by atoms with Crippen LogP contribution in [-0.2, 0) is 14.8 Å². The van der Waals surface area contributed by atoms with Crippen LogP contribution in [0.25, 0.3) is 0 Å².